The Labute approximate surface area is 268 Å². The lowest BCUT2D eigenvalue weighted by Gasteiger charge is -2.15. The van der Waals surface area contributed by atoms with Crippen LogP contribution in [-0.4, -0.2) is 5.78 Å². The van der Waals surface area contributed by atoms with Crippen molar-refractivity contribution in [1.82, 2.24) is 0 Å². The fourth-order valence-electron chi connectivity index (χ4n) is 3.91. The van der Waals surface area contributed by atoms with E-state index in [1.807, 2.05) is 104 Å². The number of ether oxygens (including phenoxy) is 2. The molecule has 43 heavy (non-hydrogen) atoms. The van der Waals surface area contributed by atoms with E-state index in [0.717, 1.165) is 27.0 Å². The number of carbonyl (C=O) groups excluding carboxylic acids is 1. The molecule has 5 rings (SSSR count). The van der Waals surface area contributed by atoms with E-state index in [9.17, 15) is 4.79 Å². The van der Waals surface area contributed by atoms with Gasteiger partial charge in [0.15, 0.2) is 5.78 Å². The van der Waals surface area contributed by atoms with E-state index in [4.69, 9.17) is 38.4 Å². The van der Waals surface area contributed by atoms with Crippen molar-refractivity contribution in [3.63, 3.8) is 0 Å². The lowest BCUT2D eigenvalue weighted by Crippen LogP contribution is -2.02. The van der Waals surface area contributed by atoms with Gasteiger partial charge < -0.3 is 20.5 Å². The highest BCUT2D eigenvalue weighted by molar-refractivity contribution is 8.76. The molecule has 0 unspecified atom stereocenters. The van der Waals surface area contributed by atoms with Gasteiger partial charge in [-0.1, -0.05) is 81.2 Å². The van der Waals surface area contributed by atoms with Crippen molar-refractivity contribution in [3.05, 3.63) is 143 Å². The van der Waals surface area contributed by atoms with Crippen LogP contribution in [0.1, 0.15) is 17.3 Å². The van der Waals surface area contributed by atoms with Crippen molar-refractivity contribution < 1.29 is 14.3 Å². The Bertz CT molecular complexity index is 1770. The van der Waals surface area contributed by atoms with Crippen molar-refractivity contribution >= 4 is 61.9 Å². The second kappa shape index (κ2) is 14.4. The number of allylic oxidation sites excluding steroid dienone is 2. The normalized spacial score (nSPS) is 11.2. The summed E-state index contributed by atoms with van der Waals surface area (Å²) in [5.41, 5.74) is 8.86. The zero-order valence-electron chi connectivity index (χ0n) is 22.9. The first-order valence-electron chi connectivity index (χ1n) is 13.1. The van der Waals surface area contributed by atoms with E-state index in [0.29, 0.717) is 38.5 Å². The zero-order chi connectivity index (χ0) is 30.2. The van der Waals surface area contributed by atoms with Crippen LogP contribution in [0.4, 0.5) is 11.4 Å². The number of hydrogen-bond donors (Lipinski definition) is 2. The number of nitrogen functional groups attached to an aromatic ring is 1. The molecule has 0 amide bonds. The summed E-state index contributed by atoms with van der Waals surface area (Å²) in [4.78, 5) is 14.6. The van der Waals surface area contributed by atoms with Gasteiger partial charge >= 0.3 is 0 Å². The standard InChI is InChI=1S/C34H26Cl2N2O3S2/c1-22(18-32(39)23-12-15-28(35)29(36)19-23)38-31-17-14-27(41-25-10-6-3-7-11-25)21-34(31)43-42-33-20-26(13-16-30(33)37)40-24-8-4-2-5-9-24/h2-21,38H,37H2,1H3/b22-18+. The largest absolute Gasteiger partial charge is 0.457 e. The first-order chi connectivity index (χ1) is 20.8. The smallest absolute Gasteiger partial charge is 0.187 e. The van der Waals surface area contributed by atoms with Crippen molar-refractivity contribution in [3.8, 4) is 23.0 Å². The van der Waals surface area contributed by atoms with Crippen LogP contribution < -0.4 is 20.5 Å². The predicted octanol–water partition coefficient (Wildman–Crippen LogP) is 11.2. The Morgan fingerprint density at radius 1 is 0.698 bits per heavy atom. The van der Waals surface area contributed by atoms with Gasteiger partial charge in [-0.05, 0) is 85.8 Å². The minimum atomic E-state index is -0.195. The number of ketones is 1. The van der Waals surface area contributed by atoms with Crippen molar-refractivity contribution in [2.45, 2.75) is 16.7 Å². The van der Waals surface area contributed by atoms with E-state index in [2.05, 4.69) is 5.32 Å². The summed E-state index contributed by atoms with van der Waals surface area (Å²) in [6.07, 6.45) is 1.53. The van der Waals surface area contributed by atoms with Crippen LogP contribution in [0, 0.1) is 0 Å². The van der Waals surface area contributed by atoms with E-state index in [1.165, 1.54) is 27.7 Å². The number of benzene rings is 5. The highest BCUT2D eigenvalue weighted by atomic mass is 35.5. The average molecular weight is 646 g/mol. The van der Waals surface area contributed by atoms with Gasteiger partial charge in [-0.15, -0.1) is 0 Å². The molecule has 5 aromatic rings. The topological polar surface area (TPSA) is 73.6 Å². The molecule has 9 heteroatoms. The van der Waals surface area contributed by atoms with E-state index >= 15 is 0 Å². The van der Waals surface area contributed by atoms with Crippen LogP contribution in [0.25, 0.3) is 0 Å². The van der Waals surface area contributed by atoms with Gasteiger partial charge in [-0.2, -0.15) is 0 Å². The fraction of sp³-hybridized carbons (Fsp3) is 0.0294. The number of nitrogens with two attached hydrogens (primary N) is 1. The molecule has 5 nitrogen and oxygen atoms in total. The Morgan fingerprint density at radius 2 is 1.28 bits per heavy atom. The summed E-state index contributed by atoms with van der Waals surface area (Å²) in [7, 11) is 3.01. The molecule has 0 fully saturated rings. The van der Waals surface area contributed by atoms with Crippen LogP contribution in [0.3, 0.4) is 0 Å². The first-order valence-corrected chi connectivity index (χ1v) is 16.0. The van der Waals surface area contributed by atoms with Crippen LogP contribution in [0.15, 0.2) is 137 Å². The minimum absolute atomic E-state index is 0.195. The lowest BCUT2D eigenvalue weighted by molar-refractivity contribution is 0.104. The Hall–Kier alpha value is -4.01. The van der Waals surface area contributed by atoms with Gasteiger partial charge in [-0.25, -0.2) is 0 Å². The second-order valence-corrected chi connectivity index (χ2v) is 12.3. The molecule has 0 saturated heterocycles. The Morgan fingerprint density at radius 3 is 1.91 bits per heavy atom. The van der Waals surface area contributed by atoms with Crippen LogP contribution >= 0.6 is 44.8 Å². The molecule has 0 saturated carbocycles. The highest BCUT2D eigenvalue weighted by Crippen LogP contribution is 2.46. The molecule has 0 aromatic heterocycles. The highest BCUT2D eigenvalue weighted by Gasteiger charge is 2.12. The van der Waals surface area contributed by atoms with E-state index in [-0.39, 0.29) is 5.78 Å². The summed E-state index contributed by atoms with van der Waals surface area (Å²) < 4.78 is 12.1. The number of hydrogen-bond acceptors (Lipinski definition) is 7. The molecule has 216 valence electrons. The predicted molar refractivity (Wildman–Crippen MR) is 180 cm³/mol. The van der Waals surface area contributed by atoms with Gasteiger partial charge in [-0.3, -0.25) is 4.79 Å². The SMILES string of the molecule is C/C(=C\C(=O)c1ccc(Cl)c(Cl)c1)Nc1ccc(Oc2ccccc2)cc1SSc1cc(Oc2ccccc2)ccc1N. The molecule has 0 spiro atoms. The van der Waals surface area contributed by atoms with Gasteiger partial charge in [0.2, 0.25) is 0 Å². The maximum Gasteiger partial charge on any atom is 0.187 e. The molecule has 0 bridgehead atoms. The van der Waals surface area contributed by atoms with E-state index < -0.39 is 0 Å². The van der Waals surface area contributed by atoms with E-state index in [1.54, 1.807) is 18.2 Å². The lowest BCUT2D eigenvalue weighted by atomic mass is 10.1. The molecular formula is C34H26Cl2N2O3S2. The fourth-order valence-corrected chi connectivity index (χ4v) is 6.47. The number of para-hydroxylation sites is 2. The Kier molecular flexibility index (Phi) is 10.2. The Balaban J connectivity index is 1.38. The van der Waals surface area contributed by atoms with Crippen molar-refractivity contribution in [2.75, 3.05) is 11.1 Å². The third-order valence-electron chi connectivity index (χ3n) is 6.00. The summed E-state index contributed by atoms with van der Waals surface area (Å²) in [5, 5.41) is 4.08. The average Bonchev–Trinajstić information content (AvgIpc) is 3.01. The van der Waals surface area contributed by atoms with Gasteiger partial charge in [0.25, 0.3) is 0 Å². The molecule has 0 aliphatic carbocycles. The maximum atomic E-state index is 12.9. The summed E-state index contributed by atoms with van der Waals surface area (Å²) in [6.45, 7) is 1.83. The van der Waals surface area contributed by atoms with Gasteiger partial charge in [0.1, 0.15) is 23.0 Å². The molecule has 5 aromatic carbocycles. The number of nitrogens with one attached hydrogen (secondary N) is 1. The number of halogens is 2. The summed E-state index contributed by atoms with van der Waals surface area (Å²) >= 11 is 12.1. The summed E-state index contributed by atoms with van der Waals surface area (Å²) in [6, 6.07) is 35.3. The minimum Gasteiger partial charge on any atom is -0.457 e. The second-order valence-electron chi connectivity index (χ2n) is 9.30. The third-order valence-corrected chi connectivity index (χ3v) is 9.20. The summed E-state index contributed by atoms with van der Waals surface area (Å²) in [5.74, 6) is 2.63. The quantitative estimate of drug-likeness (QED) is 0.0641. The first kappa shape index (κ1) is 30.4. The molecule has 0 radical (unpaired) electrons. The van der Waals surface area contributed by atoms with Crippen LogP contribution in [-0.2, 0) is 0 Å². The molecular weight excluding hydrogens is 619 g/mol. The monoisotopic (exact) mass is 644 g/mol. The molecule has 3 N–H and O–H groups in total. The zero-order valence-corrected chi connectivity index (χ0v) is 26.1. The number of rotatable bonds is 11. The molecule has 0 aliphatic rings. The maximum absolute atomic E-state index is 12.9. The number of anilines is 2. The third kappa shape index (κ3) is 8.52. The molecule has 0 heterocycles. The van der Waals surface area contributed by atoms with Crippen molar-refractivity contribution in [2.24, 2.45) is 0 Å². The molecule has 0 aliphatic heterocycles. The van der Waals surface area contributed by atoms with Crippen molar-refractivity contribution in [1.29, 1.82) is 0 Å². The molecule has 0 atom stereocenters. The number of carbonyl (C=O) groups is 1. The van der Waals surface area contributed by atoms with Crippen LogP contribution in [0.2, 0.25) is 10.0 Å². The van der Waals surface area contributed by atoms with Crippen LogP contribution in [0.5, 0.6) is 23.0 Å². The van der Waals surface area contributed by atoms with Gasteiger partial charge in [0, 0.05) is 32.8 Å². The van der Waals surface area contributed by atoms with Gasteiger partial charge in [0.05, 0.1) is 15.7 Å².